The Labute approximate surface area is 204 Å². The van der Waals surface area contributed by atoms with E-state index in [4.69, 9.17) is 9.47 Å². The third-order valence-electron chi connectivity index (χ3n) is 5.80. The number of carbonyl (C=O) groups excluding carboxylic acids is 2. The Balaban J connectivity index is 1.77. The average molecular weight is 491 g/mol. The number of imidazole rings is 1. The molecule has 1 amide bonds. The number of Topliss-reactive ketones (excluding diaryl/α,β-unsaturated/α-hetero) is 1. The van der Waals surface area contributed by atoms with Crippen LogP contribution in [0.25, 0.3) is 11.4 Å². The average Bonchev–Trinajstić information content (AvgIpc) is 3.56. The van der Waals surface area contributed by atoms with Gasteiger partial charge in [-0.3, -0.25) is 18.9 Å². The monoisotopic (exact) mass is 490 g/mol. The fraction of sp³-hybridized carbons (Fsp3) is 0.200. The lowest BCUT2D eigenvalue weighted by Gasteiger charge is -2.23. The van der Waals surface area contributed by atoms with Gasteiger partial charge in [0.05, 0.1) is 31.0 Å². The molecule has 0 aliphatic carbocycles. The molecule has 1 atom stereocenters. The summed E-state index contributed by atoms with van der Waals surface area (Å²) in [5, 5.41) is 13.6. The molecule has 35 heavy (non-hydrogen) atoms. The van der Waals surface area contributed by atoms with E-state index in [9.17, 15) is 14.7 Å². The van der Waals surface area contributed by atoms with Crippen molar-refractivity contribution in [1.82, 2.24) is 14.4 Å². The number of ether oxygens (including phenoxy) is 2. The first-order valence-corrected chi connectivity index (χ1v) is 11.8. The molecule has 1 aliphatic heterocycles. The predicted octanol–water partition coefficient (Wildman–Crippen LogP) is 4.13. The number of hydrogen-bond acceptors (Lipinski definition) is 8. The number of methoxy groups -OCH3 is 1. The molecule has 5 rings (SSSR count). The van der Waals surface area contributed by atoms with Gasteiger partial charge >= 0.3 is 5.91 Å². The molecule has 4 aromatic rings. The normalized spacial score (nSPS) is 17.3. The molecule has 0 radical (unpaired) electrons. The summed E-state index contributed by atoms with van der Waals surface area (Å²) in [7, 11) is 1.52. The second kappa shape index (κ2) is 8.88. The number of amides is 1. The number of aliphatic hydroxyl groups is 1. The standard InChI is InChI=1S/C25H22N4O5S/c1-4-34-16-9-8-15(13-17(16)33-3)21-19(23(31)24(32)29(21)25-26-10-12-35-25)22(30)20-14(2)27-18-7-5-6-11-28(18)20/h5-13,21,30H,4H2,1-3H3. The van der Waals surface area contributed by atoms with E-state index in [1.54, 1.807) is 59.4 Å². The minimum Gasteiger partial charge on any atom is -0.505 e. The van der Waals surface area contributed by atoms with Crippen molar-refractivity contribution in [2.45, 2.75) is 19.9 Å². The molecule has 1 saturated heterocycles. The molecular formula is C25H22N4O5S. The summed E-state index contributed by atoms with van der Waals surface area (Å²) in [6.07, 6.45) is 3.31. The van der Waals surface area contributed by atoms with E-state index in [0.717, 1.165) is 0 Å². The molecule has 9 nitrogen and oxygen atoms in total. The summed E-state index contributed by atoms with van der Waals surface area (Å²) >= 11 is 1.23. The number of rotatable bonds is 6. The van der Waals surface area contributed by atoms with Gasteiger partial charge in [0, 0.05) is 17.8 Å². The summed E-state index contributed by atoms with van der Waals surface area (Å²) in [5.41, 5.74) is 2.00. The number of hydrogen-bond donors (Lipinski definition) is 1. The van der Waals surface area contributed by atoms with Crippen LogP contribution in [0.1, 0.15) is 29.9 Å². The zero-order valence-electron chi connectivity index (χ0n) is 19.3. The second-order valence-electron chi connectivity index (χ2n) is 7.80. The molecule has 1 N–H and O–H groups in total. The Morgan fingerprint density at radius 1 is 1.20 bits per heavy atom. The van der Waals surface area contributed by atoms with Gasteiger partial charge in [-0.15, -0.1) is 11.3 Å². The number of aliphatic hydroxyl groups excluding tert-OH is 1. The van der Waals surface area contributed by atoms with Gasteiger partial charge in [-0.05, 0) is 43.7 Å². The second-order valence-corrected chi connectivity index (χ2v) is 8.67. The van der Waals surface area contributed by atoms with Crippen LogP contribution >= 0.6 is 11.3 Å². The van der Waals surface area contributed by atoms with Gasteiger partial charge in [0.15, 0.2) is 22.4 Å². The first kappa shape index (κ1) is 22.6. The lowest BCUT2D eigenvalue weighted by Crippen LogP contribution is -2.29. The van der Waals surface area contributed by atoms with Crippen LogP contribution in [0.5, 0.6) is 11.5 Å². The fourth-order valence-electron chi connectivity index (χ4n) is 4.34. The molecule has 10 heteroatoms. The highest BCUT2D eigenvalue weighted by atomic mass is 32.1. The number of fused-ring (bicyclic) bond motifs is 1. The van der Waals surface area contributed by atoms with Crippen molar-refractivity contribution < 1.29 is 24.2 Å². The summed E-state index contributed by atoms with van der Waals surface area (Å²) in [6.45, 7) is 4.05. The Bertz CT molecular complexity index is 1470. The summed E-state index contributed by atoms with van der Waals surface area (Å²) in [4.78, 5) is 36.7. The van der Waals surface area contributed by atoms with E-state index in [0.29, 0.717) is 45.8 Å². The molecule has 1 aliphatic rings. The Kier molecular flexibility index (Phi) is 5.73. The van der Waals surface area contributed by atoms with Crippen LogP contribution in [0.4, 0.5) is 5.13 Å². The van der Waals surface area contributed by atoms with Crippen LogP contribution in [0, 0.1) is 6.92 Å². The molecule has 1 aromatic carbocycles. The van der Waals surface area contributed by atoms with Crippen molar-refractivity contribution in [3.63, 3.8) is 0 Å². The zero-order valence-corrected chi connectivity index (χ0v) is 20.1. The zero-order chi connectivity index (χ0) is 24.7. The van der Waals surface area contributed by atoms with Crippen LogP contribution in [0.15, 0.2) is 59.7 Å². The first-order chi connectivity index (χ1) is 17.0. The van der Waals surface area contributed by atoms with Gasteiger partial charge in [0.2, 0.25) is 0 Å². The van der Waals surface area contributed by atoms with Gasteiger partial charge in [0.1, 0.15) is 11.3 Å². The van der Waals surface area contributed by atoms with Crippen molar-refractivity contribution in [1.29, 1.82) is 0 Å². The van der Waals surface area contributed by atoms with E-state index >= 15 is 0 Å². The SMILES string of the molecule is CCOc1ccc(C2C(=C(O)c3c(C)nc4ccccn34)C(=O)C(=O)N2c2nccs2)cc1OC. The maximum atomic E-state index is 13.4. The highest BCUT2D eigenvalue weighted by molar-refractivity contribution is 7.14. The van der Waals surface area contributed by atoms with Crippen molar-refractivity contribution >= 4 is 39.6 Å². The van der Waals surface area contributed by atoms with E-state index in [1.165, 1.54) is 23.3 Å². The van der Waals surface area contributed by atoms with Gasteiger partial charge in [-0.2, -0.15) is 0 Å². The quantitative estimate of drug-likeness (QED) is 0.246. The molecule has 0 bridgehead atoms. The number of thiazole rings is 1. The van der Waals surface area contributed by atoms with Crippen LogP contribution in [0.3, 0.4) is 0 Å². The Morgan fingerprint density at radius 3 is 2.74 bits per heavy atom. The van der Waals surface area contributed by atoms with Crippen LogP contribution < -0.4 is 14.4 Å². The van der Waals surface area contributed by atoms with E-state index in [2.05, 4.69) is 9.97 Å². The minimum absolute atomic E-state index is 0.0508. The fourth-order valence-corrected chi connectivity index (χ4v) is 5.00. The lowest BCUT2D eigenvalue weighted by atomic mass is 9.96. The third-order valence-corrected chi connectivity index (χ3v) is 6.57. The molecule has 0 spiro atoms. The van der Waals surface area contributed by atoms with Crippen molar-refractivity contribution in [2.75, 3.05) is 18.6 Å². The maximum Gasteiger partial charge on any atom is 0.301 e. The van der Waals surface area contributed by atoms with Crippen molar-refractivity contribution in [2.24, 2.45) is 0 Å². The number of anilines is 1. The van der Waals surface area contributed by atoms with Gasteiger partial charge in [-0.1, -0.05) is 12.1 Å². The van der Waals surface area contributed by atoms with Crippen LogP contribution in [-0.2, 0) is 9.59 Å². The number of nitrogens with zero attached hydrogens (tertiary/aromatic N) is 4. The molecule has 4 heterocycles. The van der Waals surface area contributed by atoms with Crippen molar-refractivity contribution in [3.05, 3.63) is 76.7 Å². The highest BCUT2D eigenvalue weighted by Gasteiger charge is 2.48. The molecule has 1 unspecified atom stereocenters. The molecule has 3 aromatic heterocycles. The van der Waals surface area contributed by atoms with Crippen LogP contribution in [0.2, 0.25) is 0 Å². The first-order valence-electron chi connectivity index (χ1n) is 10.9. The number of aromatic nitrogens is 3. The van der Waals surface area contributed by atoms with E-state index in [-0.39, 0.29) is 11.3 Å². The topological polar surface area (TPSA) is 106 Å². The Hall–Kier alpha value is -4.18. The number of pyridine rings is 1. The smallest absolute Gasteiger partial charge is 0.301 e. The molecule has 178 valence electrons. The minimum atomic E-state index is -0.931. The molecule has 1 fully saturated rings. The number of aryl methyl sites for hydroxylation is 1. The highest BCUT2D eigenvalue weighted by Crippen LogP contribution is 2.44. The Morgan fingerprint density at radius 2 is 2.03 bits per heavy atom. The number of benzene rings is 1. The largest absolute Gasteiger partial charge is 0.505 e. The molecule has 0 saturated carbocycles. The van der Waals surface area contributed by atoms with Gasteiger partial charge in [-0.25, -0.2) is 9.97 Å². The number of ketones is 1. The van der Waals surface area contributed by atoms with Crippen LogP contribution in [-0.4, -0.2) is 44.9 Å². The lowest BCUT2D eigenvalue weighted by molar-refractivity contribution is -0.132. The summed E-state index contributed by atoms with van der Waals surface area (Å²) in [5.74, 6) is -0.911. The molecular weight excluding hydrogens is 468 g/mol. The van der Waals surface area contributed by atoms with Crippen molar-refractivity contribution in [3.8, 4) is 11.5 Å². The van der Waals surface area contributed by atoms with E-state index < -0.39 is 17.7 Å². The third kappa shape index (κ3) is 3.62. The maximum absolute atomic E-state index is 13.4. The van der Waals surface area contributed by atoms with Gasteiger partial charge < -0.3 is 14.6 Å². The summed E-state index contributed by atoms with van der Waals surface area (Å²) in [6, 6.07) is 9.68. The van der Waals surface area contributed by atoms with Gasteiger partial charge in [0.25, 0.3) is 5.78 Å². The summed E-state index contributed by atoms with van der Waals surface area (Å²) < 4.78 is 12.8. The number of carbonyl (C=O) groups is 2. The van der Waals surface area contributed by atoms with E-state index in [1.807, 2.05) is 13.0 Å². The predicted molar refractivity (Wildman–Crippen MR) is 131 cm³/mol.